The van der Waals surface area contributed by atoms with Gasteiger partial charge in [-0.15, -0.1) is 0 Å². The molecule has 2 atom stereocenters. The van der Waals surface area contributed by atoms with Crippen LogP contribution >= 0.6 is 0 Å². The summed E-state index contributed by atoms with van der Waals surface area (Å²) in [6.07, 6.45) is 2.66. The lowest BCUT2D eigenvalue weighted by Crippen LogP contribution is -2.04. The molecule has 0 saturated heterocycles. The van der Waals surface area contributed by atoms with E-state index in [0.29, 0.717) is 0 Å². The van der Waals surface area contributed by atoms with Crippen molar-refractivity contribution in [2.24, 2.45) is 11.8 Å². The molecule has 0 aromatic rings. The summed E-state index contributed by atoms with van der Waals surface area (Å²) >= 11 is 0. The van der Waals surface area contributed by atoms with Gasteiger partial charge in [-0.05, 0) is 11.8 Å². The molecule has 0 fully saturated rings. The monoisotopic (exact) mass is 114 g/mol. The van der Waals surface area contributed by atoms with Crippen LogP contribution in [0.15, 0.2) is 0 Å². The first-order valence-electron chi connectivity index (χ1n) is 3.72. The van der Waals surface area contributed by atoms with Crippen molar-refractivity contribution in [3.8, 4) is 0 Å². The zero-order valence-electron chi connectivity index (χ0n) is 6.57. The Bertz CT molecular complexity index is 40.0. The second kappa shape index (κ2) is 3.94. The van der Waals surface area contributed by atoms with E-state index in [4.69, 9.17) is 0 Å². The fourth-order valence-corrected chi connectivity index (χ4v) is 0.805. The molecule has 0 rings (SSSR count). The lowest BCUT2D eigenvalue weighted by atomic mass is 9.92. The van der Waals surface area contributed by atoms with Crippen molar-refractivity contribution in [1.29, 1.82) is 0 Å². The summed E-state index contributed by atoms with van der Waals surface area (Å²) in [6.45, 7) is 9.18. The van der Waals surface area contributed by atoms with Crippen LogP contribution in [0.3, 0.4) is 0 Å². The molecule has 50 valence electrons. The summed E-state index contributed by atoms with van der Waals surface area (Å²) in [4.78, 5) is 0. The molecule has 0 aromatic carbocycles. The van der Waals surface area contributed by atoms with Gasteiger partial charge in [0.1, 0.15) is 0 Å². The maximum absolute atomic E-state index is 2.33. The first kappa shape index (κ1) is 8.00. The quantitative estimate of drug-likeness (QED) is 0.529. The Kier molecular flexibility index (Phi) is 3.94. The molecule has 0 aromatic heterocycles. The Balaban J connectivity index is 3.29. The molecule has 0 aliphatic rings. The van der Waals surface area contributed by atoms with E-state index >= 15 is 0 Å². The van der Waals surface area contributed by atoms with Crippen molar-refractivity contribution in [2.75, 3.05) is 0 Å². The highest BCUT2D eigenvalue weighted by atomic mass is 14.1. The number of rotatable bonds is 3. The molecule has 0 N–H and O–H groups in total. The van der Waals surface area contributed by atoms with E-state index < -0.39 is 0 Å². The standard InChI is InChI=1S/C8H18/c1-5-7(3)8(4)6-2/h7-8H,5-6H2,1-4H3/t7-,8-/m0/s1. The van der Waals surface area contributed by atoms with E-state index in [2.05, 4.69) is 27.7 Å². The third-order valence-electron chi connectivity index (χ3n) is 2.26. The summed E-state index contributed by atoms with van der Waals surface area (Å²) in [5, 5.41) is 0. The number of hydrogen-bond donors (Lipinski definition) is 0. The van der Waals surface area contributed by atoms with Crippen molar-refractivity contribution in [3.05, 3.63) is 0 Å². The van der Waals surface area contributed by atoms with Crippen LogP contribution in [-0.4, -0.2) is 0 Å². The average Bonchev–Trinajstić information content (AvgIpc) is 1.84. The maximum atomic E-state index is 2.33. The van der Waals surface area contributed by atoms with E-state index in [1.807, 2.05) is 0 Å². The lowest BCUT2D eigenvalue weighted by Gasteiger charge is -2.14. The maximum Gasteiger partial charge on any atom is -0.0420 e. The summed E-state index contributed by atoms with van der Waals surface area (Å²) < 4.78 is 0. The SMILES string of the molecule is CC[C@H](C)[C@@H](C)CC. The van der Waals surface area contributed by atoms with Gasteiger partial charge < -0.3 is 0 Å². The second-order valence-corrected chi connectivity index (χ2v) is 2.77. The van der Waals surface area contributed by atoms with Gasteiger partial charge >= 0.3 is 0 Å². The van der Waals surface area contributed by atoms with E-state index in [0.717, 1.165) is 11.8 Å². The summed E-state index contributed by atoms with van der Waals surface area (Å²) in [6, 6.07) is 0. The van der Waals surface area contributed by atoms with Crippen LogP contribution in [0.1, 0.15) is 40.5 Å². The fourth-order valence-electron chi connectivity index (χ4n) is 0.805. The smallest absolute Gasteiger partial charge is 0.0420 e. The minimum absolute atomic E-state index is 0.917. The molecular formula is C8H18. The van der Waals surface area contributed by atoms with Crippen LogP contribution in [0.2, 0.25) is 0 Å². The molecular weight excluding hydrogens is 96.1 g/mol. The molecule has 0 amide bonds. The Labute approximate surface area is 53.3 Å². The van der Waals surface area contributed by atoms with E-state index in [-0.39, 0.29) is 0 Å². The molecule has 0 heteroatoms. The van der Waals surface area contributed by atoms with Crippen LogP contribution in [0, 0.1) is 11.8 Å². The Hall–Kier alpha value is 0. The first-order chi connectivity index (χ1) is 3.72. The van der Waals surface area contributed by atoms with Crippen molar-refractivity contribution >= 4 is 0 Å². The summed E-state index contributed by atoms with van der Waals surface area (Å²) in [5.74, 6) is 1.83. The van der Waals surface area contributed by atoms with Gasteiger partial charge in [0, 0.05) is 0 Å². The minimum atomic E-state index is 0.917. The van der Waals surface area contributed by atoms with Gasteiger partial charge in [0.25, 0.3) is 0 Å². The van der Waals surface area contributed by atoms with Gasteiger partial charge in [0.2, 0.25) is 0 Å². The van der Waals surface area contributed by atoms with E-state index in [1.54, 1.807) is 0 Å². The van der Waals surface area contributed by atoms with Crippen molar-refractivity contribution in [1.82, 2.24) is 0 Å². The van der Waals surface area contributed by atoms with Crippen LogP contribution in [0.5, 0.6) is 0 Å². The average molecular weight is 114 g/mol. The number of hydrogen-bond acceptors (Lipinski definition) is 0. The highest BCUT2D eigenvalue weighted by Crippen LogP contribution is 2.16. The molecule has 0 spiro atoms. The molecule has 0 aliphatic heterocycles. The normalized spacial score (nSPS) is 18.0. The molecule has 0 radical (unpaired) electrons. The lowest BCUT2D eigenvalue weighted by molar-refractivity contribution is 0.367. The molecule has 0 bridgehead atoms. The summed E-state index contributed by atoms with van der Waals surface area (Å²) in [5.41, 5.74) is 0. The molecule has 8 heavy (non-hydrogen) atoms. The molecule has 0 unspecified atom stereocenters. The summed E-state index contributed by atoms with van der Waals surface area (Å²) in [7, 11) is 0. The van der Waals surface area contributed by atoms with Crippen LogP contribution < -0.4 is 0 Å². The molecule has 0 aliphatic carbocycles. The van der Waals surface area contributed by atoms with Crippen molar-refractivity contribution in [3.63, 3.8) is 0 Å². The zero-order valence-corrected chi connectivity index (χ0v) is 6.57. The highest BCUT2D eigenvalue weighted by molar-refractivity contribution is 4.56. The molecule has 0 nitrogen and oxygen atoms in total. The van der Waals surface area contributed by atoms with Crippen LogP contribution in [0.25, 0.3) is 0 Å². The van der Waals surface area contributed by atoms with Crippen molar-refractivity contribution < 1.29 is 0 Å². The van der Waals surface area contributed by atoms with Gasteiger partial charge in [0.15, 0.2) is 0 Å². The van der Waals surface area contributed by atoms with Crippen LogP contribution in [0.4, 0.5) is 0 Å². The van der Waals surface area contributed by atoms with Gasteiger partial charge in [-0.3, -0.25) is 0 Å². The Morgan fingerprint density at radius 1 is 0.875 bits per heavy atom. The van der Waals surface area contributed by atoms with E-state index in [9.17, 15) is 0 Å². The molecule has 0 heterocycles. The van der Waals surface area contributed by atoms with Gasteiger partial charge in [-0.2, -0.15) is 0 Å². The van der Waals surface area contributed by atoms with Gasteiger partial charge in [0.05, 0.1) is 0 Å². The third-order valence-corrected chi connectivity index (χ3v) is 2.26. The first-order valence-corrected chi connectivity index (χ1v) is 3.72. The van der Waals surface area contributed by atoms with Crippen LogP contribution in [-0.2, 0) is 0 Å². The highest BCUT2D eigenvalue weighted by Gasteiger charge is 2.05. The Morgan fingerprint density at radius 2 is 1.12 bits per heavy atom. The fraction of sp³-hybridized carbons (Fsp3) is 1.00. The van der Waals surface area contributed by atoms with Crippen molar-refractivity contribution in [2.45, 2.75) is 40.5 Å². The molecule has 0 saturated carbocycles. The zero-order chi connectivity index (χ0) is 6.57. The predicted molar refractivity (Wildman–Crippen MR) is 38.9 cm³/mol. The van der Waals surface area contributed by atoms with Gasteiger partial charge in [-0.25, -0.2) is 0 Å². The van der Waals surface area contributed by atoms with E-state index in [1.165, 1.54) is 12.8 Å². The Morgan fingerprint density at radius 3 is 1.25 bits per heavy atom. The largest absolute Gasteiger partial charge is 0.0651 e. The predicted octanol–water partition coefficient (Wildman–Crippen LogP) is 3.08. The topological polar surface area (TPSA) is 0 Å². The third kappa shape index (κ3) is 2.34. The minimum Gasteiger partial charge on any atom is -0.0651 e. The second-order valence-electron chi connectivity index (χ2n) is 2.77. The van der Waals surface area contributed by atoms with Gasteiger partial charge in [-0.1, -0.05) is 40.5 Å².